The lowest BCUT2D eigenvalue weighted by Crippen LogP contribution is -2.30. The van der Waals surface area contributed by atoms with Gasteiger partial charge in [0.05, 0.1) is 17.3 Å². The van der Waals surface area contributed by atoms with Crippen molar-refractivity contribution in [2.24, 2.45) is 5.73 Å². The number of carboxylic acids is 2. The van der Waals surface area contributed by atoms with Gasteiger partial charge in [0.25, 0.3) is 5.91 Å². The Kier molecular flexibility index (Phi) is 12.0. The second kappa shape index (κ2) is 15.2. The number of H-pyrrole nitrogens is 1. The van der Waals surface area contributed by atoms with Gasteiger partial charge < -0.3 is 26.0 Å². The van der Waals surface area contributed by atoms with Gasteiger partial charge in [0.15, 0.2) is 0 Å². The summed E-state index contributed by atoms with van der Waals surface area (Å²) >= 11 is 0. The number of carboxylic acid groups (broad SMARTS) is 2. The van der Waals surface area contributed by atoms with Crippen LogP contribution in [-0.2, 0) is 16.0 Å². The minimum atomic E-state index is -5.08. The molecule has 0 unspecified atom stereocenters. The zero-order valence-corrected chi connectivity index (χ0v) is 21.7. The average molecular weight is 615 g/mol. The molecule has 0 bridgehead atoms. The van der Waals surface area contributed by atoms with Crippen molar-refractivity contribution in [2.45, 2.75) is 24.8 Å². The predicted molar refractivity (Wildman–Crippen MR) is 139 cm³/mol. The first-order valence-electron chi connectivity index (χ1n) is 11.8. The van der Waals surface area contributed by atoms with E-state index in [9.17, 15) is 31.1 Å². The lowest BCUT2D eigenvalue weighted by atomic mass is 10.1. The van der Waals surface area contributed by atoms with E-state index in [1.165, 1.54) is 6.20 Å². The Morgan fingerprint density at radius 2 is 1.51 bits per heavy atom. The van der Waals surface area contributed by atoms with Gasteiger partial charge in [-0.3, -0.25) is 9.89 Å². The molecular weight excluding hydrogens is 592 g/mol. The average Bonchev–Trinajstić information content (AvgIpc) is 3.40. The summed E-state index contributed by atoms with van der Waals surface area (Å²) in [6, 6.07) is 18.8. The number of carbonyl (C=O) groups is 3. The number of fused-ring (bicyclic) bond motifs is 1. The highest BCUT2D eigenvalue weighted by molar-refractivity contribution is 6.04. The van der Waals surface area contributed by atoms with Gasteiger partial charge in [-0.2, -0.15) is 31.4 Å². The maximum atomic E-state index is 12.4. The third kappa shape index (κ3) is 12.1. The summed E-state index contributed by atoms with van der Waals surface area (Å²) in [6.07, 6.45) is -6.24. The van der Waals surface area contributed by atoms with E-state index in [1.807, 2.05) is 48.5 Å². The maximum absolute atomic E-state index is 12.4. The monoisotopic (exact) mass is 615 g/mol. The van der Waals surface area contributed by atoms with E-state index in [-0.39, 0.29) is 11.9 Å². The fourth-order valence-corrected chi connectivity index (χ4v) is 2.99. The number of hydrogen-bond donors (Lipinski definition) is 5. The number of carbonyl (C=O) groups excluding carboxylic acids is 1. The summed E-state index contributed by atoms with van der Waals surface area (Å²) in [5, 5.41) is 24.9. The van der Waals surface area contributed by atoms with E-state index in [0.29, 0.717) is 23.7 Å². The number of nitrogens with two attached hydrogens (primary N) is 1. The molecule has 0 saturated heterocycles. The minimum absolute atomic E-state index is 0.139. The Morgan fingerprint density at radius 1 is 0.907 bits per heavy atom. The fourth-order valence-electron chi connectivity index (χ4n) is 2.99. The van der Waals surface area contributed by atoms with Crippen LogP contribution in [0, 0.1) is 0 Å². The molecule has 0 radical (unpaired) electrons. The van der Waals surface area contributed by atoms with Crippen LogP contribution >= 0.6 is 0 Å². The maximum Gasteiger partial charge on any atom is 0.490 e. The number of benzene rings is 2. The molecule has 4 rings (SSSR count). The van der Waals surface area contributed by atoms with Crippen molar-refractivity contribution in [3.05, 3.63) is 84.2 Å². The molecule has 230 valence electrons. The molecule has 4 aromatic rings. The van der Waals surface area contributed by atoms with Gasteiger partial charge in [0, 0.05) is 29.4 Å². The Balaban J connectivity index is 0.000000384. The number of amides is 1. The van der Waals surface area contributed by atoms with Crippen LogP contribution in [0.2, 0.25) is 0 Å². The SMILES string of the molecule is N[C@@H](COc1ccc(C(=O)Nc2ccc3[nH]ncc3c2)cn1)Cc1ccccc1.O=C(O)C(F)(F)F.O=C(O)C(F)(F)F. The van der Waals surface area contributed by atoms with E-state index in [4.69, 9.17) is 30.3 Å². The molecule has 6 N–H and O–H groups in total. The van der Waals surface area contributed by atoms with Crippen molar-refractivity contribution in [1.82, 2.24) is 15.2 Å². The van der Waals surface area contributed by atoms with Crippen LogP contribution < -0.4 is 15.8 Å². The topological polar surface area (TPSA) is 181 Å². The molecule has 2 aromatic heterocycles. The lowest BCUT2D eigenvalue weighted by molar-refractivity contribution is -0.193. The smallest absolute Gasteiger partial charge is 0.476 e. The summed E-state index contributed by atoms with van der Waals surface area (Å²) in [6.45, 7) is 0.345. The first-order valence-corrected chi connectivity index (χ1v) is 11.8. The molecule has 2 heterocycles. The normalized spacial score (nSPS) is 11.7. The van der Waals surface area contributed by atoms with Crippen molar-refractivity contribution in [2.75, 3.05) is 11.9 Å². The molecule has 0 spiro atoms. The van der Waals surface area contributed by atoms with Gasteiger partial charge in [-0.15, -0.1) is 0 Å². The van der Waals surface area contributed by atoms with Gasteiger partial charge in [-0.05, 0) is 36.2 Å². The molecule has 0 fully saturated rings. The van der Waals surface area contributed by atoms with Crippen LogP contribution in [0.3, 0.4) is 0 Å². The van der Waals surface area contributed by atoms with Gasteiger partial charge in [0.1, 0.15) is 6.61 Å². The number of hydrogen-bond acceptors (Lipinski definition) is 7. The van der Waals surface area contributed by atoms with E-state index < -0.39 is 24.3 Å². The van der Waals surface area contributed by atoms with Gasteiger partial charge in [0.2, 0.25) is 5.88 Å². The van der Waals surface area contributed by atoms with Crippen molar-refractivity contribution in [3.63, 3.8) is 0 Å². The van der Waals surface area contributed by atoms with Crippen LogP contribution in [0.25, 0.3) is 10.9 Å². The molecule has 43 heavy (non-hydrogen) atoms. The van der Waals surface area contributed by atoms with E-state index in [1.54, 1.807) is 18.3 Å². The number of aromatic nitrogens is 3. The van der Waals surface area contributed by atoms with E-state index >= 15 is 0 Å². The van der Waals surface area contributed by atoms with Crippen molar-refractivity contribution < 1.29 is 55.7 Å². The summed E-state index contributed by atoms with van der Waals surface area (Å²) < 4.78 is 69.1. The quantitative estimate of drug-likeness (QED) is 0.188. The molecule has 0 aliphatic rings. The van der Waals surface area contributed by atoms with Gasteiger partial charge in [-0.25, -0.2) is 14.6 Å². The van der Waals surface area contributed by atoms with Gasteiger partial charge >= 0.3 is 24.3 Å². The fraction of sp³-hybridized carbons (Fsp3) is 0.192. The number of ether oxygens (including phenoxy) is 1. The van der Waals surface area contributed by atoms with Gasteiger partial charge in [-0.1, -0.05) is 30.3 Å². The first-order chi connectivity index (χ1) is 20.1. The molecule has 1 atom stereocenters. The molecular formula is C26H23F6N5O6. The second-order valence-electron chi connectivity index (χ2n) is 8.38. The highest BCUT2D eigenvalue weighted by Gasteiger charge is 2.38. The van der Waals surface area contributed by atoms with Crippen molar-refractivity contribution >= 4 is 34.4 Å². The van der Waals surface area contributed by atoms with Crippen molar-refractivity contribution in [3.8, 4) is 5.88 Å². The van der Waals surface area contributed by atoms with Crippen LogP contribution in [0.4, 0.5) is 32.0 Å². The number of rotatable bonds is 7. The summed E-state index contributed by atoms with van der Waals surface area (Å²) in [4.78, 5) is 34.4. The number of alkyl halides is 6. The minimum Gasteiger partial charge on any atom is -0.476 e. The third-order valence-corrected chi connectivity index (χ3v) is 4.97. The van der Waals surface area contributed by atoms with Crippen LogP contribution in [0.1, 0.15) is 15.9 Å². The van der Waals surface area contributed by atoms with E-state index in [0.717, 1.165) is 22.9 Å². The number of anilines is 1. The zero-order valence-electron chi connectivity index (χ0n) is 21.7. The standard InChI is InChI=1S/C22H21N5O2.2C2HF3O2/c23-18(10-15-4-2-1-3-5-15)14-29-21-9-6-16(12-24-21)22(28)26-19-7-8-20-17(11-19)13-25-27-20;2*3-2(4,5)1(6)7/h1-9,11-13,18H,10,14,23H2,(H,25,27)(H,26,28);2*(H,6,7)/t18-;;/m1../s1. The number of aliphatic carboxylic acids is 2. The molecule has 11 nitrogen and oxygen atoms in total. The van der Waals surface area contributed by atoms with E-state index in [2.05, 4.69) is 20.5 Å². The summed E-state index contributed by atoms with van der Waals surface area (Å²) in [7, 11) is 0. The summed E-state index contributed by atoms with van der Waals surface area (Å²) in [5.74, 6) is -5.32. The molecule has 0 saturated carbocycles. The summed E-state index contributed by atoms with van der Waals surface area (Å²) in [5.41, 5.74) is 9.34. The number of nitrogens with zero attached hydrogens (tertiary/aromatic N) is 2. The lowest BCUT2D eigenvalue weighted by Gasteiger charge is -2.13. The number of nitrogens with one attached hydrogen (secondary N) is 2. The molecule has 1 amide bonds. The predicted octanol–water partition coefficient (Wildman–Crippen LogP) is 4.43. The number of pyridine rings is 1. The van der Waals surface area contributed by atoms with Crippen LogP contribution in [0.15, 0.2) is 73.1 Å². The van der Waals surface area contributed by atoms with Crippen molar-refractivity contribution in [1.29, 1.82) is 0 Å². The zero-order chi connectivity index (χ0) is 32.2. The Morgan fingerprint density at radius 3 is 2.05 bits per heavy atom. The number of aromatic amines is 1. The van der Waals surface area contributed by atoms with Crippen LogP contribution in [-0.4, -0.2) is 68.2 Å². The second-order valence-corrected chi connectivity index (χ2v) is 8.38. The molecule has 0 aliphatic carbocycles. The molecule has 0 aliphatic heterocycles. The first kappa shape index (κ1) is 34.0. The Bertz CT molecular complexity index is 1470. The highest BCUT2D eigenvalue weighted by atomic mass is 19.4. The Labute approximate surface area is 238 Å². The highest BCUT2D eigenvalue weighted by Crippen LogP contribution is 2.18. The van der Waals surface area contributed by atoms with Crippen LogP contribution in [0.5, 0.6) is 5.88 Å². The largest absolute Gasteiger partial charge is 0.490 e. The third-order valence-electron chi connectivity index (χ3n) is 4.97. The molecule has 17 heteroatoms. The number of halogens is 6. The molecule has 2 aromatic carbocycles. The Hall–Kier alpha value is -5.19.